The van der Waals surface area contributed by atoms with Crippen molar-refractivity contribution in [3.63, 3.8) is 0 Å². The lowest BCUT2D eigenvalue weighted by Gasteiger charge is -2.09. The van der Waals surface area contributed by atoms with Crippen LogP contribution in [0, 0.1) is 6.92 Å². The average Bonchev–Trinajstić information content (AvgIpc) is 3.03. The van der Waals surface area contributed by atoms with Crippen molar-refractivity contribution in [1.82, 2.24) is 14.8 Å². The molecule has 106 valence electrons. The quantitative estimate of drug-likeness (QED) is 0.780. The fourth-order valence-electron chi connectivity index (χ4n) is 2.06. The van der Waals surface area contributed by atoms with E-state index in [2.05, 4.69) is 68.7 Å². The van der Waals surface area contributed by atoms with Crippen molar-refractivity contribution in [2.45, 2.75) is 13.5 Å². The second-order valence-electron chi connectivity index (χ2n) is 4.86. The number of nitrogens with one attached hydrogen (secondary N) is 1. The van der Waals surface area contributed by atoms with Crippen molar-refractivity contribution < 1.29 is 0 Å². The van der Waals surface area contributed by atoms with Gasteiger partial charge in [0.05, 0.1) is 5.69 Å². The van der Waals surface area contributed by atoms with E-state index in [1.54, 1.807) is 12.7 Å². The van der Waals surface area contributed by atoms with Crippen LogP contribution in [0.1, 0.15) is 11.1 Å². The Morgan fingerprint density at radius 2 is 1.90 bits per heavy atom. The molecular formula is C16H15BrN4. The normalized spacial score (nSPS) is 10.6. The lowest BCUT2D eigenvalue weighted by Crippen LogP contribution is -2.00. The van der Waals surface area contributed by atoms with Crippen LogP contribution in [0.15, 0.2) is 59.6 Å². The third-order valence-corrected chi connectivity index (χ3v) is 4.15. The summed E-state index contributed by atoms with van der Waals surface area (Å²) in [4.78, 5) is 0. The third-order valence-electron chi connectivity index (χ3n) is 3.30. The van der Waals surface area contributed by atoms with Crippen molar-refractivity contribution in [2.24, 2.45) is 0 Å². The number of nitrogens with zero attached hydrogens (tertiary/aromatic N) is 3. The van der Waals surface area contributed by atoms with Crippen molar-refractivity contribution in [3.8, 4) is 5.69 Å². The molecule has 5 heteroatoms. The monoisotopic (exact) mass is 342 g/mol. The molecule has 1 N–H and O–H groups in total. The lowest BCUT2D eigenvalue weighted by molar-refractivity contribution is 1.05. The van der Waals surface area contributed by atoms with Crippen molar-refractivity contribution in [1.29, 1.82) is 0 Å². The Labute approximate surface area is 132 Å². The Morgan fingerprint density at radius 1 is 1.10 bits per heavy atom. The minimum absolute atomic E-state index is 0.782. The first-order valence-corrected chi connectivity index (χ1v) is 7.45. The molecule has 0 radical (unpaired) electrons. The van der Waals surface area contributed by atoms with E-state index in [9.17, 15) is 0 Å². The molecule has 1 aromatic heterocycles. The van der Waals surface area contributed by atoms with E-state index in [1.165, 1.54) is 11.1 Å². The standard InChI is InChI=1S/C16H15BrN4/c1-12-5-6-13(7-16(12)17)9-18-14-3-2-4-15(8-14)21-10-19-20-11-21/h2-8,10-11,18H,9H2,1H3. The summed E-state index contributed by atoms with van der Waals surface area (Å²) < 4.78 is 3.02. The first-order valence-electron chi connectivity index (χ1n) is 6.66. The van der Waals surface area contributed by atoms with Gasteiger partial charge in [-0.05, 0) is 42.3 Å². The number of benzene rings is 2. The molecule has 0 bridgehead atoms. The zero-order chi connectivity index (χ0) is 14.7. The maximum atomic E-state index is 3.83. The van der Waals surface area contributed by atoms with E-state index in [-0.39, 0.29) is 0 Å². The van der Waals surface area contributed by atoms with Gasteiger partial charge in [-0.25, -0.2) is 0 Å². The SMILES string of the molecule is Cc1ccc(CNc2cccc(-n3cnnc3)c2)cc1Br. The number of anilines is 1. The van der Waals surface area contributed by atoms with E-state index >= 15 is 0 Å². The van der Waals surface area contributed by atoms with E-state index in [0.717, 1.165) is 22.4 Å². The Hall–Kier alpha value is -2.14. The number of aryl methyl sites for hydroxylation is 1. The van der Waals surface area contributed by atoms with E-state index < -0.39 is 0 Å². The summed E-state index contributed by atoms with van der Waals surface area (Å²) >= 11 is 3.57. The molecule has 0 aliphatic carbocycles. The number of rotatable bonds is 4. The van der Waals surface area contributed by atoms with Crippen LogP contribution in [0.2, 0.25) is 0 Å². The van der Waals surface area contributed by atoms with Gasteiger partial charge in [0.2, 0.25) is 0 Å². The number of hydrogen-bond acceptors (Lipinski definition) is 3. The van der Waals surface area contributed by atoms with Gasteiger partial charge in [-0.15, -0.1) is 10.2 Å². The number of aromatic nitrogens is 3. The maximum absolute atomic E-state index is 3.83. The summed E-state index contributed by atoms with van der Waals surface area (Å²) in [6.07, 6.45) is 3.38. The summed E-state index contributed by atoms with van der Waals surface area (Å²) in [5.41, 5.74) is 4.59. The fraction of sp³-hybridized carbons (Fsp3) is 0.125. The number of halogens is 1. The molecule has 1 heterocycles. The van der Waals surface area contributed by atoms with Gasteiger partial charge >= 0.3 is 0 Å². The van der Waals surface area contributed by atoms with Gasteiger partial charge in [0.1, 0.15) is 12.7 Å². The molecular weight excluding hydrogens is 328 g/mol. The minimum atomic E-state index is 0.782. The van der Waals surface area contributed by atoms with Crippen LogP contribution in [0.5, 0.6) is 0 Å². The van der Waals surface area contributed by atoms with Crippen molar-refractivity contribution >= 4 is 21.6 Å². The van der Waals surface area contributed by atoms with E-state index in [1.807, 2.05) is 16.7 Å². The Balaban J connectivity index is 1.73. The molecule has 0 fully saturated rings. The smallest absolute Gasteiger partial charge is 0.123 e. The highest BCUT2D eigenvalue weighted by Crippen LogP contribution is 2.19. The van der Waals surface area contributed by atoms with Gasteiger partial charge in [-0.1, -0.05) is 34.1 Å². The van der Waals surface area contributed by atoms with Gasteiger partial charge in [0.25, 0.3) is 0 Å². The Kier molecular flexibility index (Phi) is 4.01. The molecule has 0 amide bonds. The van der Waals surface area contributed by atoms with Crippen LogP contribution in [0.4, 0.5) is 5.69 Å². The van der Waals surface area contributed by atoms with E-state index in [0.29, 0.717) is 0 Å². The topological polar surface area (TPSA) is 42.7 Å². The zero-order valence-corrected chi connectivity index (χ0v) is 13.2. The van der Waals surface area contributed by atoms with Crippen LogP contribution < -0.4 is 5.32 Å². The third kappa shape index (κ3) is 3.31. The molecule has 0 spiro atoms. The van der Waals surface area contributed by atoms with E-state index in [4.69, 9.17) is 0 Å². The zero-order valence-electron chi connectivity index (χ0n) is 11.6. The summed E-state index contributed by atoms with van der Waals surface area (Å²) in [7, 11) is 0. The second kappa shape index (κ2) is 6.10. The van der Waals surface area contributed by atoms with Crippen molar-refractivity contribution in [3.05, 3.63) is 70.7 Å². The van der Waals surface area contributed by atoms with Gasteiger partial charge in [-0.3, -0.25) is 4.57 Å². The number of hydrogen-bond donors (Lipinski definition) is 1. The van der Waals surface area contributed by atoms with Gasteiger partial charge < -0.3 is 5.32 Å². The highest BCUT2D eigenvalue weighted by atomic mass is 79.9. The highest BCUT2D eigenvalue weighted by Gasteiger charge is 2.00. The molecule has 21 heavy (non-hydrogen) atoms. The van der Waals surface area contributed by atoms with Crippen LogP contribution in [-0.2, 0) is 6.54 Å². The molecule has 0 atom stereocenters. The Bertz CT molecular complexity index is 738. The summed E-state index contributed by atoms with van der Waals surface area (Å²) in [5, 5.41) is 11.1. The molecule has 4 nitrogen and oxygen atoms in total. The predicted octanol–water partition coefficient (Wildman–Crippen LogP) is 3.95. The molecule has 3 rings (SSSR count). The first kappa shape index (κ1) is 13.8. The average molecular weight is 343 g/mol. The predicted molar refractivity (Wildman–Crippen MR) is 87.6 cm³/mol. The molecule has 0 aliphatic rings. The molecule has 0 saturated heterocycles. The second-order valence-corrected chi connectivity index (χ2v) is 5.71. The lowest BCUT2D eigenvalue weighted by atomic mass is 10.1. The van der Waals surface area contributed by atoms with Gasteiger partial charge in [-0.2, -0.15) is 0 Å². The Morgan fingerprint density at radius 3 is 2.67 bits per heavy atom. The summed E-state index contributed by atoms with van der Waals surface area (Å²) in [5.74, 6) is 0. The summed E-state index contributed by atoms with van der Waals surface area (Å²) in [6, 6.07) is 14.6. The molecule has 2 aromatic carbocycles. The van der Waals surface area contributed by atoms with Crippen LogP contribution in [0.3, 0.4) is 0 Å². The van der Waals surface area contributed by atoms with Gasteiger partial charge in [0.15, 0.2) is 0 Å². The largest absolute Gasteiger partial charge is 0.381 e. The van der Waals surface area contributed by atoms with Gasteiger partial charge in [0, 0.05) is 16.7 Å². The first-order chi connectivity index (χ1) is 10.2. The molecule has 0 unspecified atom stereocenters. The van der Waals surface area contributed by atoms with Crippen LogP contribution in [-0.4, -0.2) is 14.8 Å². The molecule has 3 aromatic rings. The molecule has 0 aliphatic heterocycles. The highest BCUT2D eigenvalue weighted by molar-refractivity contribution is 9.10. The molecule has 0 saturated carbocycles. The summed E-state index contributed by atoms with van der Waals surface area (Å²) in [6.45, 7) is 2.87. The maximum Gasteiger partial charge on any atom is 0.123 e. The van der Waals surface area contributed by atoms with Crippen molar-refractivity contribution in [2.75, 3.05) is 5.32 Å². The van der Waals surface area contributed by atoms with Crippen LogP contribution in [0.25, 0.3) is 5.69 Å². The fourth-order valence-corrected chi connectivity index (χ4v) is 2.49. The minimum Gasteiger partial charge on any atom is -0.381 e. The van der Waals surface area contributed by atoms with Crippen LogP contribution >= 0.6 is 15.9 Å².